The number of benzene rings is 1. The molecule has 0 saturated heterocycles. The molecule has 0 bridgehead atoms. The molecule has 6 nitrogen and oxygen atoms in total. The highest BCUT2D eigenvalue weighted by atomic mass is 19.4. The minimum absolute atomic E-state index is 0.0234. The molecular weight excluding hydrogens is 402 g/mol. The predicted octanol–water partition coefficient (Wildman–Crippen LogP) is 4.24. The van der Waals surface area contributed by atoms with Gasteiger partial charge in [0, 0.05) is 18.7 Å². The zero-order valence-corrected chi connectivity index (χ0v) is 16.7. The molecule has 0 unspecified atom stereocenters. The summed E-state index contributed by atoms with van der Waals surface area (Å²) < 4.78 is 54.2. The molecule has 1 N–H and O–H groups in total. The van der Waals surface area contributed by atoms with E-state index >= 15 is 0 Å². The lowest BCUT2D eigenvalue weighted by Crippen LogP contribution is -2.17. The summed E-state index contributed by atoms with van der Waals surface area (Å²) in [5.41, 5.74) is 2.09. The Morgan fingerprint density at radius 1 is 1.07 bits per heavy atom. The molecule has 160 valence electrons. The van der Waals surface area contributed by atoms with Gasteiger partial charge in [0.1, 0.15) is 5.82 Å². The van der Waals surface area contributed by atoms with Gasteiger partial charge in [0.2, 0.25) is 5.91 Å². The molecular formula is C20H21F4N5O. The minimum Gasteiger partial charge on any atom is -0.323 e. The summed E-state index contributed by atoms with van der Waals surface area (Å²) in [7, 11) is 0. The Morgan fingerprint density at radius 2 is 1.73 bits per heavy atom. The molecule has 30 heavy (non-hydrogen) atoms. The van der Waals surface area contributed by atoms with Gasteiger partial charge in [0.15, 0.2) is 5.69 Å². The molecule has 1 aromatic carbocycles. The zero-order valence-electron chi connectivity index (χ0n) is 16.7. The molecule has 0 saturated carbocycles. The van der Waals surface area contributed by atoms with Crippen molar-refractivity contribution in [2.45, 2.75) is 46.5 Å². The van der Waals surface area contributed by atoms with Crippen LogP contribution in [0.2, 0.25) is 0 Å². The van der Waals surface area contributed by atoms with Gasteiger partial charge < -0.3 is 5.32 Å². The highest BCUT2D eigenvalue weighted by Crippen LogP contribution is 2.28. The molecule has 0 radical (unpaired) electrons. The van der Waals surface area contributed by atoms with Gasteiger partial charge in [-0.05, 0) is 44.5 Å². The SMILES string of the molecule is Cc1nn(Cc2ccc(F)cc2)c(C)c1NC(=O)CCn1nc(C(F)(F)F)cc1C. The Bertz CT molecular complexity index is 1050. The summed E-state index contributed by atoms with van der Waals surface area (Å²) in [6, 6.07) is 7.00. The van der Waals surface area contributed by atoms with Crippen LogP contribution in [0.25, 0.3) is 0 Å². The number of anilines is 1. The Kier molecular flexibility index (Phi) is 5.95. The average Bonchev–Trinajstić information content (AvgIpc) is 3.17. The van der Waals surface area contributed by atoms with Gasteiger partial charge in [0.25, 0.3) is 0 Å². The van der Waals surface area contributed by atoms with Crippen molar-refractivity contribution in [2.75, 3.05) is 5.32 Å². The normalized spacial score (nSPS) is 11.7. The van der Waals surface area contributed by atoms with Crippen LogP contribution in [0, 0.1) is 26.6 Å². The molecule has 3 rings (SSSR count). The first kappa shape index (κ1) is 21.5. The lowest BCUT2D eigenvalue weighted by molar-refractivity contribution is -0.141. The van der Waals surface area contributed by atoms with Crippen molar-refractivity contribution in [1.29, 1.82) is 0 Å². The number of halogens is 4. The maximum Gasteiger partial charge on any atom is 0.435 e. The average molecular weight is 423 g/mol. The molecule has 2 heterocycles. The maximum atomic E-state index is 13.1. The van der Waals surface area contributed by atoms with E-state index in [1.54, 1.807) is 30.7 Å². The van der Waals surface area contributed by atoms with Crippen LogP contribution >= 0.6 is 0 Å². The first-order chi connectivity index (χ1) is 14.0. The van der Waals surface area contributed by atoms with E-state index in [1.807, 2.05) is 0 Å². The van der Waals surface area contributed by atoms with E-state index in [0.717, 1.165) is 17.3 Å². The van der Waals surface area contributed by atoms with Crippen LogP contribution in [0.1, 0.15) is 34.8 Å². The highest BCUT2D eigenvalue weighted by molar-refractivity contribution is 5.91. The lowest BCUT2D eigenvalue weighted by Gasteiger charge is -2.08. The standard InChI is InChI=1S/C20H21F4N5O/c1-12-10-17(20(22,23)24)27-28(12)9-8-18(30)25-19-13(2)26-29(14(19)3)11-15-4-6-16(21)7-5-15/h4-7,10H,8-9,11H2,1-3H3,(H,25,30). The van der Waals surface area contributed by atoms with Crippen LogP contribution in [-0.2, 0) is 24.1 Å². The third-order valence-electron chi connectivity index (χ3n) is 4.71. The van der Waals surface area contributed by atoms with Crippen molar-refractivity contribution in [2.24, 2.45) is 0 Å². The number of nitrogens with one attached hydrogen (secondary N) is 1. The van der Waals surface area contributed by atoms with E-state index in [9.17, 15) is 22.4 Å². The molecule has 0 spiro atoms. The largest absolute Gasteiger partial charge is 0.435 e. The van der Waals surface area contributed by atoms with Crippen molar-refractivity contribution < 1.29 is 22.4 Å². The van der Waals surface area contributed by atoms with Gasteiger partial charge in [-0.2, -0.15) is 23.4 Å². The highest BCUT2D eigenvalue weighted by Gasteiger charge is 2.34. The van der Waals surface area contributed by atoms with Crippen LogP contribution in [0.4, 0.5) is 23.2 Å². The Balaban J connectivity index is 1.65. The lowest BCUT2D eigenvalue weighted by atomic mass is 10.2. The van der Waals surface area contributed by atoms with Crippen molar-refractivity contribution in [3.8, 4) is 0 Å². The van der Waals surface area contributed by atoms with Gasteiger partial charge in [-0.1, -0.05) is 12.1 Å². The first-order valence-corrected chi connectivity index (χ1v) is 9.24. The molecule has 2 aromatic heterocycles. The van der Waals surface area contributed by atoms with Crippen molar-refractivity contribution >= 4 is 11.6 Å². The van der Waals surface area contributed by atoms with Crippen LogP contribution in [0.15, 0.2) is 30.3 Å². The second-order valence-electron chi connectivity index (χ2n) is 7.02. The molecule has 0 aliphatic rings. The van der Waals surface area contributed by atoms with E-state index in [1.165, 1.54) is 23.7 Å². The minimum atomic E-state index is -4.52. The van der Waals surface area contributed by atoms with Crippen LogP contribution in [0.5, 0.6) is 0 Å². The van der Waals surface area contributed by atoms with Crippen molar-refractivity contribution in [3.63, 3.8) is 0 Å². The van der Waals surface area contributed by atoms with E-state index in [0.29, 0.717) is 23.6 Å². The molecule has 3 aromatic rings. The number of aryl methyl sites for hydroxylation is 3. The van der Waals surface area contributed by atoms with Crippen molar-refractivity contribution in [1.82, 2.24) is 19.6 Å². The van der Waals surface area contributed by atoms with E-state index in [2.05, 4.69) is 15.5 Å². The van der Waals surface area contributed by atoms with Crippen LogP contribution < -0.4 is 5.32 Å². The van der Waals surface area contributed by atoms with E-state index < -0.39 is 11.9 Å². The summed E-state index contributed by atoms with van der Waals surface area (Å²) in [5, 5.41) is 10.7. The molecule has 0 aliphatic carbocycles. The third kappa shape index (κ3) is 4.87. The topological polar surface area (TPSA) is 64.7 Å². The summed E-state index contributed by atoms with van der Waals surface area (Å²) in [5.74, 6) is -0.680. The van der Waals surface area contributed by atoms with Gasteiger partial charge in [0.05, 0.1) is 23.6 Å². The molecule has 10 heteroatoms. The maximum absolute atomic E-state index is 13.1. The number of alkyl halides is 3. The Hall–Kier alpha value is -3.17. The zero-order chi connectivity index (χ0) is 22.1. The second kappa shape index (κ2) is 8.29. The second-order valence-corrected chi connectivity index (χ2v) is 7.02. The Labute approximate surface area is 170 Å². The Morgan fingerprint density at radius 3 is 2.33 bits per heavy atom. The smallest absolute Gasteiger partial charge is 0.323 e. The number of amides is 1. The fourth-order valence-corrected chi connectivity index (χ4v) is 3.08. The number of carbonyl (C=O) groups excluding carboxylic acids is 1. The number of hydrogen-bond acceptors (Lipinski definition) is 3. The fourth-order valence-electron chi connectivity index (χ4n) is 3.08. The number of carbonyl (C=O) groups is 1. The fraction of sp³-hybridized carbons (Fsp3) is 0.350. The third-order valence-corrected chi connectivity index (χ3v) is 4.71. The van der Waals surface area contributed by atoms with E-state index in [4.69, 9.17) is 0 Å². The number of nitrogens with zero attached hydrogens (tertiary/aromatic N) is 4. The van der Waals surface area contributed by atoms with Gasteiger partial charge in [-0.15, -0.1) is 0 Å². The quantitative estimate of drug-likeness (QED) is 0.603. The van der Waals surface area contributed by atoms with Crippen LogP contribution in [0.3, 0.4) is 0 Å². The summed E-state index contributed by atoms with van der Waals surface area (Å²) in [4.78, 5) is 12.4. The first-order valence-electron chi connectivity index (χ1n) is 9.24. The molecule has 0 aliphatic heterocycles. The molecule has 0 atom stereocenters. The summed E-state index contributed by atoms with van der Waals surface area (Å²) >= 11 is 0. The predicted molar refractivity (Wildman–Crippen MR) is 102 cm³/mol. The monoisotopic (exact) mass is 423 g/mol. The van der Waals surface area contributed by atoms with E-state index in [-0.39, 0.29) is 24.7 Å². The molecule has 0 fully saturated rings. The summed E-state index contributed by atoms with van der Waals surface area (Å²) in [6.07, 6.45) is -4.56. The number of rotatable bonds is 6. The summed E-state index contributed by atoms with van der Waals surface area (Å²) in [6.45, 7) is 5.49. The van der Waals surface area contributed by atoms with Crippen molar-refractivity contribution in [3.05, 3.63) is 64.5 Å². The van der Waals surface area contributed by atoms with Gasteiger partial charge >= 0.3 is 6.18 Å². The van der Waals surface area contributed by atoms with Gasteiger partial charge in [-0.25, -0.2) is 4.39 Å². The van der Waals surface area contributed by atoms with Gasteiger partial charge in [-0.3, -0.25) is 14.2 Å². The number of hydrogen-bond donors (Lipinski definition) is 1. The molecule has 1 amide bonds. The van der Waals surface area contributed by atoms with Crippen LogP contribution in [-0.4, -0.2) is 25.5 Å². The number of aromatic nitrogens is 4.